The molecular formula is C17H27N5O3. The number of urea groups is 1. The Labute approximate surface area is 148 Å². The molecule has 0 spiro atoms. The van der Waals surface area contributed by atoms with E-state index >= 15 is 0 Å². The lowest BCUT2D eigenvalue weighted by Gasteiger charge is -2.38. The van der Waals surface area contributed by atoms with Crippen molar-refractivity contribution in [1.29, 1.82) is 0 Å². The number of nitrogens with zero attached hydrogens (tertiary/aromatic N) is 4. The van der Waals surface area contributed by atoms with Crippen LogP contribution in [0.5, 0.6) is 0 Å². The molecule has 0 aromatic carbocycles. The van der Waals surface area contributed by atoms with Crippen molar-refractivity contribution >= 4 is 17.8 Å². The van der Waals surface area contributed by atoms with E-state index in [0.29, 0.717) is 50.4 Å². The average molecular weight is 349 g/mol. The third kappa shape index (κ3) is 4.72. The van der Waals surface area contributed by atoms with E-state index < -0.39 is 0 Å². The molecular weight excluding hydrogens is 322 g/mol. The molecule has 2 atom stereocenters. The Morgan fingerprint density at radius 1 is 1.16 bits per heavy atom. The van der Waals surface area contributed by atoms with Crippen LogP contribution in [0.4, 0.5) is 10.6 Å². The molecule has 0 radical (unpaired) electrons. The lowest BCUT2D eigenvalue weighted by atomic mass is 9.92. The van der Waals surface area contributed by atoms with Gasteiger partial charge in [-0.1, -0.05) is 19.0 Å². The van der Waals surface area contributed by atoms with Crippen molar-refractivity contribution in [2.75, 3.05) is 51.1 Å². The molecule has 2 aliphatic heterocycles. The zero-order valence-electron chi connectivity index (χ0n) is 15.0. The van der Waals surface area contributed by atoms with E-state index in [-0.39, 0.29) is 11.9 Å². The maximum Gasteiger partial charge on any atom is 0.323 e. The Bertz CT molecular complexity index is 573. The number of likely N-dealkylation sites (tertiary alicyclic amines) is 1. The van der Waals surface area contributed by atoms with Crippen LogP contribution < -0.4 is 5.32 Å². The first kappa shape index (κ1) is 17.7. The maximum atomic E-state index is 12.6. The monoisotopic (exact) mass is 349 g/mol. The summed E-state index contributed by atoms with van der Waals surface area (Å²) in [6.07, 6.45) is 2.62. The highest BCUT2D eigenvalue weighted by Gasteiger charge is 2.28. The molecule has 8 heteroatoms. The zero-order chi connectivity index (χ0) is 17.8. The van der Waals surface area contributed by atoms with Crippen molar-refractivity contribution < 1.29 is 14.1 Å². The number of aromatic nitrogens is 1. The maximum absolute atomic E-state index is 12.6. The van der Waals surface area contributed by atoms with Crippen LogP contribution in [0.15, 0.2) is 16.9 Å². The summed E-state index contributed by atoms with van der Waals surface area (Å²) in [6.45, 7) is 9.20. The number of piperidine rings is 1. The zero-order valence-corrected chi connectivity index (χ0v) is 15.0. The van der Waals surface area contributed by atoms with Crippen molar-refractivity contribution in [1.82, 2.24) is 19.9 Å². The van der Waals surface area contributed by atoms with Crippen LogP contribution in [-0.2, 0) is 4.79 Å². The fraction of sp³-hybridized carbons (Fsp3) is 0.706. The topological polar surface area (TPSA) is 81.9 Å². The third-order valence-corrected chi connectivity index (χ3v) is 4.91. The number of carbonyl (C=O) groups excluding carboxylic acids is 2. The molecule has 0 bridgehead atoms. The predicted octanol–water partition coefficient (Wildman–Crippen LogP) is 1.33. The van der Waals surface area contributed by atoms with E-state index in [2.05, 4.69) is 29.2 Å². The molecule has 25 heavy (non-hydrogen) atoms. The van der Waals surface area contributed by atoms with Crippen molar-refractivity contribution in [3.63, 3.8) is 0 Å². The first-order valence-corrected chi connectivity index (χ1v) is 8.97. The van der Waals surface area contributed by atoms with Gasteiger partial charge in [0.2, 0.25) is 5.91 Å². The molecule has 0 saturated carbocycles. The Kier molecular flexibility index (Phi) is 5.57. The standard InChI is InChI=1S/C17H27N5O3/c1-13-9-14(2)11-22(10-13)16(23)12-20-4-6-21(7-5-20)17(24)18-15-3-8-25-19-15/h3,8,13-14H,4-7,9-12H2,1-2H3,(H,18,19,24). The van der Waals surface area contributed by atoms with Gasteiger partial charge in [0.25, 0.3) is 0 Å². The van der Waals surface area contributed by atoms with Gasteiger partial charge in [-0.3, -0.25) is 15.0 Å². The Balaban J connectivity index is 1.43. The molecule has 0 aliphatic carbocycles. The lowest BCUT2D eigenvalue weighted by Crippen LogP contribution is -2.53. The summed E-state index contributed by atoms with van der Waals surface area (Å²) in [5.74, 6) is 1.77. The van der Waals surface area contributed by atoms with E-state index in [9.17, 15) is 9.59 Å². The minimum Gasteiger partial charge on any atom is -0.363 e. The second-order valence-corrected chi connectivity index (χ2v) is 7.32. The number of amides is 3. The van der Waals surface area contributed by atoms with E-state index in [0.717, 1.165) is 13.1 Å². The van der Waals surface area contributed by atoms with Gasteiger partial charge in [0.1, 0.15) is 6.26 Å². The number of piperazine rings is 1. The highest BCUT2D eigenvalue weighted by Crippen LogP contribution is 2.21. The molecule has 2 saturated heterocycles. The Morgan fingerprint density at radius 2 is 1.84 bits per heavy atom. The Hall–Kier alpha value is -2.09. The van der Waals surface area contributed by atoms with Gasteiger partial charge < -0.3 is 14.3 Å². The highest BCUT2D eigenvalue weighted by molar-refractivity contribution is 5.88. The molecule has 2 unspecified atom stereocenters. The molecule has 2 aliphatic rings. The number of anilines is 1. The molecule has 3 heterocycles. The second-order valence-electron chi connectivity index (χ2n) is 7.32. The molecule has 3 rings (SSSR count). The number of carbonyl (C=O) groups is 2. The summed E-state index contributed by atoms with van der Waals surface area (Å²) in [6, 6.07) is 1.42. The van der Waals surface area contributed by atoms with Crippen LogP contribution in [0.1, 0.15) is 20.3 Å². The molecule has 138 valence electrons. The predicted molar refractivity (Wildman–Crippen MR) is 93.1 cm³/mol. The smallest absolute Gasteiger partial charge is 0.323 e. The Morgan fingerprint density at radius 3 is 2.44 bits per heavy atom. The third-order valence-electron chi connectivity index (χ3n) is 4.91. The minimum absolute atomic E-state index is 0.182. The summed E-state index contributed by atoms with van der Waals surface area (Å²) < 4.78 is 4.70. The van der Waals surface area contributed by atoms with Crippen molar-refractivity contribution in [3.05, 3.63) is 12.3 Å². The summed E-state index contributed by atoms with van der Waals surface area (Å²) in [5, 5.41) is 6.37. The summed E-state index contributed by atoms with van der Waals surface area (Å²) in [7, 11) is 0. The summed E-state index contributed by atoms with van der Waals surface area (Å²) in [5.41, 5.74) is 0. The van der Waals surface area contributed by atoms with Crippen LogP contribution in [0.3, 0.4) is 0 Å². The quantitative estimate of drug-likeness (QED) is 0.890. The fourth-order valence-electron chi connectivity index (χ4n) is 3.73. The van der Waals surface area contributed by atoms with Crippen molar-refractivity contribution in [3.8, 4) is 0 Å². The SMILES string of the molecule is CC1CC(C)CN(C(=O)CN2CCN(C(=O)Nc3ccon3)CC2)C1. The molecule has 3 amide bonds. The van der Waals surface area contributed by atoms with Gasteiger partial charge >= 0.3 is 6.03 Å². The van der Waals surface area contributed by atoms with Gasteiger partial charge in [-0.05, 0) is 18.3 Å². The van der Waals surface area contributed by atoms with E-state index in [1.54, 1.807) is 11.0 Å². The first-order chi connectivity index (χ1) is 12.0. The largest absolute Gasteiger partial charge is 0.363 e. The van der Waals surface area contributed by atoms with E-state index in [1.807, 2.05) is 4.90 Å². The minimum atomic E-state index is -0.182. The number of hydrogen-bond acceptors (Lipinski definition) is 5. The molecule has 1 aromatic rings. The van der Waals surface area contributed by atoms with Crippen LogP contribution in [0.2, 0.25) is 0 Å². The van der Waals surface area contributed by atoms with E-state index in [4.69, 9.17) is 4.52 Å². The number of nitrogens with one attached hydrogen (secondary N) is 1. The van der Waals surface area contributed by atoms with Gasteiger partial charge in [-0.25, -0.2) is 4.79 Å². The van der Waals surface area contributed by atoms with Crippen LogP contribution >= 0.6 is 0 Å². The highest BCUT2D eigenvalue weighted by atomic mass is 16.5. The molecule has 1 aromatic heterocycles. The normalized spacial score (nSPS) is 25.0. The van der Waals surface area contributed by atoms with Gasteiger partial charge in [-0.2, -0.15) is 0 Å². The van der Waals surface area contributed by atoms with E-state index in [1.165, 1.54) is 12.7 Å². The lowest BCUT2D eigenvalue weighted by molar-refractivity contribution is -0.135. The fourth-order valence-corrected chi connectivity index (χ4v) is 3.73. The average Bonchev–Trinajstić information content (AvgIpc) is 3.07. The van der Waals surface area contributed by atoms with Crippen LogP contribution in [-0.4, -0.2) is 77.6 Å². The van der Waals surface area contributed by atoms with Gasteiger partial charge in [0.15, 0.2) is 5.82 Å². The van der Waals surface area contributed by atoms with Crippen molar-refractivity contribution in [2.24, 2.45) is 11.8 Å². The summed E-state index contributed by atoms with van der Waals surface area (Å²) in [4.78, 5) is 30.6. The van der Waals surface area contributed by atoms with Crippen molar-refractivity contribution in [2.45, 2.75) is 20.3 Å². The number of rotatable bonds is 3. The van der Waals surface area contributed by atoms with Crippen LogP contribution in [0.25, 0.3) is 0 Å². The van der Waals surface area contributed by atoms with Gasteiger partial charge in [0.05, 0.1) is 6.54 Å². The molecule has 2 fully saturated rings. The van der Waals surface area contributed by atoms with Crippen LogP contribution in [0, 0.1) is 11.8 Å². The van der Waals surface area contributed by atoms with Gasteiger partial charge in [0, 0.05) is 45.3 Å². The first-order valence-electron chi connectivity index (χ1n) is 8.97. The second kappa shape index (κ2) is 7.86. The molecule has 1 N–H and O–H groups in total. The molecule has 8 nitrogen and oxygen atoms in total. The van der Waals surface area contributed by atoms with Gasteiger partial charge in [-0.15, -0.1) is 0 Å². The summed E-state index contributed by atoms with van der Waals surface area (Å²) >= 11 is 0. The number of hydrogen-bond donors (Lipinski definition) is 1.